The zero-order valence-electron chi connectivity index (χ0n) is 10.9. The second kappa shape index (κ2) is 6.53. The molecule has 96 valence electrons. The minimum Gasteiger partial charge on any atom is -0.378 e. The topological polar surface area (TPSA) is 36.3 Å². The van der Waals surface area contributed by atoms with E-state index in [1.807, 2.05) is 18.2 Å². The summed E-state index contributed by atoms with van der Waals surface area (Å²) in [6.07, 6.45) is 3.98. The highest BCUT2D eigenvalue weighted by Crippen LogP contribution is 2.16. The van der Waals surface area contributed by atoms with Gasteiger partial charge in [-0.3, -0.25) is 0 Å². The van der Waals surface area contributed by atoms with Crippen molar-refractivity contribution < 1.29 is 4.74 Å². The first-order valence-electron chi connectivity index (χ1n) is 6.57. The van der Waals surface area contributed by atoms with E-state index in [9.17, 15) is 0 Å². The molecule has 1 saturated heterocycles. The highest BCUT2D eigenvalue weighted by atomic mass is 16.5. The van der Waals surface area contributed by atoms with Crippen molar-refractivity contribution >= 4 is 0 Å². The predicted octanol–water partition coefficient (Wildman–Crippen LogP) is 2.56. The fourth-order valence-corrected chi connectivity index (χ4v) is 2.37. The van der Waals surface area contributed by atoms with Crippen LogP contribution in [0, 0.1) is 11.3 Å². The molecule has 0 N–H and O–H groups in total. The average Bonchev–Trinajstić information content (AvgIpc) is 2.90. The Morgan fingerprint density at radius 3 is 3.11 bits per heavy atom. The zero-order valence-corrected chi connectivity index (χ0v) is 10.9. The molecular formula is C15H20N2O. The Kier molecular flexibility index (Phi) is 4.74. The molecule has 18 heavy (non-hydrogen) atoms. The van der Waals surface area contributed by atoms with Gasteiger partial charge in [-0.1, -0.05) is 12.1 Å². The van der Waals surface area contributed by atoms with Crippen LogP contribution in [0.4, 0.5) is 0 Å². The van der Waals surface area contributed by atoms with E-state index in [0.29, 0.717) is 6.10 Å². The summed E-state index contributed by atoms with van der Waals surface area (Å²) in [5, 5.41) is 8.86. The number of nitriles is 1. The third-order valence-electron chi connectivity index (χ3n) is 3.37. The first kappa shape index (κ1) is 13.1. The highest BCUT2D eigenvalue weighted by Gasteiger charge is 2.15. The lowest BCUT2D eigenvalue weighted by Crippen LogP contribution is -2.22. The number of ether oxygens (including phenoxy) is 1. The van der Waals surface area contributed by atoms with Gasteiger partial charge in [0.2, 0.25) is 0 Å². The molecule has 1 aliphatic heterocycles. The molecule has 2 rings (SSSR count). The van der Waals surface area contributed by atoms with Crippen molar-refractivity contribution in [2.45, 2.75) is 31.9 Å². The van der Waals surface area contributed by atoms with Crippen molar-refractivity contribution in [2.75, 3.05) is 20.2 Å². The van der Waals surface area contributed by atoms with Crippen LogP contribution in [0.5, 0.6) is 0 Å². The first-order chi connectivity index (χ1) is 8.78. The number of nitrogens with zero attached hydrogens (tertiary/aromatic N) is 2. The first-order valence-corrected chi connectivity index (χ1v) is 6.57. The Bertz CT molecular complexity index is 419. The van der Waals surface area contributed by atoms with Crippen LogP contribution in [0.3, 0.4) is 0 Å². The molecule has 1 unspecified atom stereocenters. The van der Waals surface area contributed by atoms with E-state index in [0.717, 1.165) is 31.7 Å². The van der Waals surface area contributed by atoms with Gasteiger partial charge in [0.15, 0.2) is 0 Å². The molecule has 0 spiro atoms. The summed E-state index contributed by atoms with van der Waals surface area (Å²) in [4.78, 5) is 2.29. The standard InChI is InChI=1S/C15H20N2O/c1-17(8-7-15-6-3-9-18-15)12-14-5-2-4-13(10-14)11-16/h2,4-5,10,15H,3,6-9,12H2,1H3. The van der Waals surface area contributed by atoms with Crippen molar-refractivity contribution in [2.24, 2.45) is 0 Å². The van der Waals surface area contributed by atoms with E-state index >= 15 is 0 Å². The summed E-state index contributed by atoms with van der Waals surface area (Å²) < 4.78 is 5.62. The molecule has 0 amide bonds. The molecular weight excluding hydrogens is 224 g/mol. The van der Waals surface area contributed by atoms with E-state index in [1.54, 1.807) is 0 Å². The molecule has 0 radical (unpaired) electrons. The summed E-state index contributed by atoms with van der Waals surface area (Å²) in [5.74, 6) is 0. The van der Waals surface area contributed by atoms with Crippen LogP contribution in [-0.2, 0) is 11.3 Å². The van der Waals surface area contributed by atoms with Gasteiger partial charge in [-0.25, -0.2) is 0 Å². The highest BCUT2D eigenvalue weighted by molar-refractivity contribution is 5.32. The van der Waals surface area contributed by atoms with Crippen molar-refractivity contribution in [3.8, 4) is 6.07 Å². The van der Waals surface area contributed by atoms with Gasteiger partial charge in [0.05, 0.1) is 17.7 Å². The minimum atomic E-state index is 0.456. The minimum absolute atomic E-state index is 0.456. The maximum atomic E-state index is 8.86. The van der Waals surface area contributed by atoms with Crippen LogP contribution in [-0.4, -0.2) is 31.2 Å². The molecule has 1 fully saturated rings. The Morgan fingerprint density at radius 2 is 2.39 bits per heavy atom. The molecule has 1 atom stereocenters. The van der Waals surface area contributed by atoms with E-state index in [1.165, 1.54) is 18.4 Å². The molecule has 3 nitrogen and oxygen atoms in total. The lowest BCUT2D eigenvalue weighted by Gasteiger charge is -2.18. The van der Waals surface area contributed by atoms with E-state index < -0.39 is 0 Å². The maximum Gasteiger partial charge on any atom is 0.0991 e. The molecule has 0 saturated carbocycles. The monoisotopic (exact) mass is 244 g/mol. The molecule has 3 heteroatoms. The second-order valence-electron chi connectivity index (χ2n) is 4.97. The zero-order chi connectivity index (χ0) is 12.8. The number of rotatable bonds is 5. The smallest absolute Gasteiger partial charge is 0.0991 e. The summed E-state index contributed by atoms with van der Waals surface area (Å²) in [7, 11) is 2.12. The van der Waals surface area contributed by atoms with Gasteiger partial charge in [-0.05, 0) is 44.0 Å². The molecule has 0 aliphatic carbocycles. The summed E-state index contributed by atoms with van der Waals surface area (Å²) in [5.41, 5.74) is 1.93. The second-order valence-corrected chi connectivity index (χ2v) is 4.97. The lowest BCUT2D eigenvalue weighted by molar-refractivity contribution is 0.0944. The SMILES string of the molecule is CN(CCC1CCCO1)Cc1cccc(C#N)c1. The molecule has 0 aromatic heterocycles. The van der Waals surface area contributed by atoms with Crippen LogP contribution in [0.25, 0.3) is 0 Å². The van der Waals surface area contributed by atoms with Gasteiger partial charge in [0.1, 0.15) is 0 Å². The van der Waals surface area contributed by atoms with Crippen molar-refractivity contribution in [3.63, 3.8) is 0 Å². The lowest BCUT2D eigenvalue weighted by atomic mass is 10.1. The van der Waals surface area contributed by atoms with E-state index in [4.69, 9.17) is 10.00 Å². The summed E-state index contributed by atoms with van der Waals surface area (Å²) in [6, 6.07) is 10.0. The molecule has 1 aromatic carbocycles. The van der Waals surface area contributed by atoms with Crippen LogP contribution in [0.2, 0.25) is 0 Å². The van der Waals surface area contributed by atoms with Crippen LogP contribution in [0.1, 0.15) is 30.4 Å². The third kappa shape index (κ3) is 3.83. The molecule has 0 bridgehead atoms. The van der Waals surface area contributed by atoms with Crippen molar-refractivity contribution in [1.82, 2.24) is 4.90 Å². The average molecular weight is 244 g/mol. The maximum absolute atomic E-state index is 8.86. The van der Waals surface area contributed by atoms with E-state index in [2.05, 4.69) is 24.1 Å². The Hall–Kier alpha value is -1.37. The van der Waals surface area contributed by atoms with E-state index in [-0.39, 0.29) is 0 Å². The molecule has 1 aromatic rings. The summed E-state index contributed by atoms with van der Waals surface area (Å²) in [6.45, 7) is 2.86. The quantitative estimate of drug-likeness (QED) is 0.798. The summed E-state index contributed by atoms with van der Waals surface area (Å²) >= 11 is 0. The molecule has 1 heterocycles. The van der Waals surface area contributed by atoms with Gasteiger partial charge in [-0.15, -0.1) is 0 Å². The van der Waals surface area contributed by atoms with Crippen LogP contribution >= 0.6 is 0 Å². The normalized spacial score (nSPS) is 19.1. The Balaban J connectivity index is 1.79. The third-order valence-corrected chi connectivity index (χ3v) is 3.37. The molecule has 1 aliphatic rings. The predicted molar refractivity (Wildman–Crippen MR) is 71.1 cm³/mol. The van der Waals surface area contributed by atoms with Gasteiger partial charge in [-0.2, -0.15) is 5.26 Å². The largest absolute Gasteiger partial charge is 0.378 e. The van der Waals surface area contributed by atoms with Crippen molar-refractivity contribution in [1.29, 1.82) is 5.26 Å². The fraction of sp³-hybridized carbons (Fsp3) is 0.533. The van der Waals surface area contributed by atoms with Gasteiger partial charge >= 0.3 is 0 Å². The van der Waals surface area contributed by atoms with Crippen molar-refractivity contribution in [3.05, 3.63) is 35.4 Å². The number of hydrogen-bond donors (Lipinski definition) is 0. The van der Waals surface area contributed by atoms with Crippen LogP contribution < -0.4 is 0 Å². The van der Waals surface area contributed by atoms with Gasteiger partial charge in [0.25, 0.3) is 0 Å². The Labute approximate surface area is 109 Å². The van der Waals surface area contributed by atoms with Crippen LogP contribution in [0.15, 0.2) is 24.3 Å². The van der Waals surface area contributed by atoms with Gasteiger partial charge in [0, 0.05) is 19.7 Å². The number of benzene rings is 1. The Morgan fingerprint density at radius 1 is 1.50 bits per heavy atom. The number of hydrogen-bond acceptors (Lipinski definition) is 3. The van der Waals surface area contributed by atoms with Gasteiger partial charge < -0.3 is 9.64 Å². The fourth-order valence-electron chi connectivity index (χ4n) is 2.37.